The summed E-state index contributed by atoms with van der Waals surface area (Å²) in [7, 11) is 0. The molecule has 11 heavy (non-hydrogen) atoms. The Labute approximate surface area is 68.2 Å². The zero-order valence-corrected chi connectivity index (χ0v) is 7.38. The fourth-order valence-electron chi connectivity index (χ4n) is 1.45. The molecule has 0 unspecified atom stereocenters. The fourth-order valence-corrected chi connectivity index (χ4v) is 1.45. The van der Waals surface area contributed by atoms with Crippen LogP contribution in [-0.4, -0.2) is 22.9 Å². The van der Waals surface area contributed by atoms with Crippen LogP contribution in [-0.2, 0) is 0 Å². The summed E-state index contributed by atoms with van der Waals surface area (Å²) in [4.78, 5) is 0. The highest BCUT2D eigenvalue weighted by Gasteiger charge is 2.48. The van der Waals surface area contributed by atoms with Crippen LogP contribution in [0.3, 0.4) is 0 Å². The molecule has 0 aromatic rings. The van der Waals surface area contributed by atoms with Crippen molar-refractivity contribution in [1.29, 1.82) is 0 Å². The van der Waals surface area contributed by atoms with Crippen LogP contribution >= 0.6 is 0 Å². The smallest absolute Gasteiger partial charge is 0.0620 e. The first kappa shape index (κ1) is 9.01. The Hall–Kier alpha value is -0.0800. The molecule has 1 aliphatic rings. The zero-order valence-electron chi connectivity index (χ0n) is 7.38. The molecule has 0 aliphatic heterocycles. The van der Waals surface area contributed by atoms with E-state index in [0.29, 0.717) is 5.92 Å². The SMILES string of the molecule is CC(C)C[C@H](O)C1(CO)CC1. The first-order chi connectivity index (χ1) is 5.10. The summed E-state index contributed by atoms with van der Waals surface area (Å²) in [6, 6.07) is 0. The predicted molar refractivity (Wildman–Crippen MR) is 44.2 cm³/mol. The molecule has 1 rings (SSSR count). The van der Waals surface area contributed by atoms with Crippen molar-refractivity contribution < 1.29 is 10.2 Å². The maximum absolute atomic E-state index is 9.65. The molecule has 1 fully saturated rings. The van der Waals surface area contributed by atoms with Crippen LogP contribution in [0.4, 0.5) is 0 Å². The van der Waals surface area contributed by atoms with E-state index < -0.39 is 0 Å². The molecule has 2 nitrogen and oxygen atoms in total. The minimum absolute atomic E-state index is 0.107. The van der Waals surface area contributed by atoms with Gasteiger partial charge in [-0.05, 0) is 25.2 Å². The quantitative estimate of drug-likeness (QED) is 0.644. The van der Waals surface area contributed by atoms with Gasteiger partial charge in [-0.25, -0.2) is 0 Å². The van der Waals surface area contributed by atoms with Crippen LogP contribution in [0.2, 0.25) is 0 Å². The van der Waals surface area contributed by atoms with Gasteiger partial charge in [0.1, 0.15) is 0 Å². The molecular formula is C9H18O2. The molecule has 0 radical (unpaired) electrons. The van der Waals surface area contributed by atoms with E-state index in [4.69, 9.17) is 5.11 Å². The second kappa shape index (κ2) is 3.11. The van der Waals surface area contributed by atoms with E-state index in [0.717, 1.165) is 19.3 Å². The molecule has 1 saturated carbocycles. The van der Waals surface area contributed by atoms with E-state index >= 15 is 0 Å². The predicted octanol–water partition coefficient (Wildman–Crippen LogP) is 1.17. The first-order valence-electron chi connectivity index (χ1n) is 4.39. The molecule has 1 atom stereocenters. The summed E-state index contributed by atoms with van der Waals surface area (Å²) >= 11 is 0. The first-order valence-corrected chi connectivity index (χ1v) is 4.39. The molecule has 2 N–H and O–H groups in total. The summed E-state index contributed by atoms with van der Waals surface area (Å²) in [5, 5.41) is 18.6. The number of aliphatic hydroxyl groups is 2. The van der Waals surface area contributed by atoms with Crippen LogP contribution in [0.15, 0.2) is 0 Å². The lowest BCUT2D eigenvalue weighted by atomic mass is 9.93. The second-order valence-electron chi connectivity index (χ2n) is 4.17. The highest BCUT2D eigenvalue weighted by molar-refractivity contribution is 4.98. The van der Waals surface area contributed by atoms with Gasteiger partial charge in [-0.1, -0.05) is 13.8 Å². The molecule has 0 saturated heterocycles. The van der Waals surface area contributed by atoms with Crippen molar-refractivity contribution in [3.8, 4) is 0 Å². The lowest BCUT2D eigenvalue weighted by Gasteiger charge is -2.21. The minimum atomic E-state index is -0.285. The van der Waals surface area contributed by atoms with Gasteiger partial charge in [0.15, 0.2) is 0 Å². The van der Waals surface area contributed by atoms with Crippen molar-refractivity contribution in [3.63, 3.8) is 0 Å². The van der Waals surface area contributed by atoms with E-state index in [1.54, 1.807) is 0 Å². The Balaban J connectivity index is 2.34. The van der Waals surface area contributed by atoms with Crippen molar-refractivity contribution in [2.45, 2.75) is 39.2 Å². The highest BCUT2D eigenvalue weighted by Crippen LogP contribution is 2.49. The minimum Gasteiger partial charge on any atom is -0.396 e. The molecule has 2 heteroatoms. The standard InChI is InChI=1S/C9H18O2/c1-7(2)5-8(11)9(6-10)3-4-9/h7-8,10-11H,3-6H2,1-2H3/t8-/m0/s1. The van der Waals surface area contributed by atoms with Crippen LogP contribution in [0.1, 0.15) is 33.1 Å². The fraction of sp³-hybridized carbons (Fsp3) is 1.00. The highest BCUT2D eigenvalue weighted by atomic mass is 16.3. The summed E-state index contributed by atoms with van der Waals surface area (Å²) in [5.74, 6) is 0.522. The van der Waals surface area contributed by atoms with Gasteiger partial charge in [0.05, 0.1) is 12.7 Å². The van der Waals surface area contributed by atoms with E-state index in [-0.39, 0.29) is 18.1 Å². The average molecular weight is 158 g/mol. The lowest BCUT2D eigenvalue weighted by molar-refractivity contribution is 0.0362. The average Bonchev–Trinajstić information content (AvgIpc) is 2.65. The van der Waals surface area contributed by atoms with Crippen molar-refractivity contribution in [3.05, 3.63) is 0 Å². The molecule has 0 aromatic carbocycles. The van der Waals surface area contributed by atoms with Crippen LogP contribution in [0, 0.1) is 11.3 Å². The van der Waals surface area contributed by atoms with Gasteiger partial charge in [-0.2, -0.15) is 0 Å². The molecule has 0 amide bonds. The maximum Gasteiger partial charge on any atom is 0.0620 e. The van der Waals surface area contributed by atoms with Gasteiger partial charge in [-0.15, -0.1) is 0 Å². The molecular weight excluding hydrogens is 140 g/mol. The van der Waals surface area contributed by atoms with E-state index in [1.165, 1.54) is 0 Å². The van der Waals surface area contributed by atoms with Crippen molar-refractivity contribution in [2.24, 2.45) is 11.3 Å². The van der Waals surface area contributed by atoms with Crippen LogP contribution in [0.25, 0.3) is 0 Å². The number of hydrogen-bond acceptors (Lipinski definition) is 2. The Morgan fingerprint density at radius 2 is 1.91 bits per heavy atom. The van der Waals surface area contributed by atoms with Gasteiger partial charge < -0.3 is 10.2 Å². The van der Waals surface area contributed by atoms with Gasteiger partial charge in [0.25, 0.3) is 0 Å². The molecule has 0 heterocycles. The molecule has 0 spiro atoms. The molecule has 0 bridgehead atoms. The van der Waals surface area contributed by atoms with Crippen molar-refractivity contribution in [2.75, 3.05) is 6.61 Å². The van der Waals surface area contributed by atoms with Crippen molar-refractivity contribution >= 4 is 0 Å². The topological polar surface area (TPSA) is 40.5 Å². The van der Waals surface area contributed by atoms with E-state index in [2.05, 4.69) is 13.8 Å². The number of rotatable bonds is 4. The van der Waals surface area contributed by atoms with Gasteiger partial charge >= 0.3 is 0 Å². The Morgan fingerprint density at radius 3 is 2.18 bits per heavy atom. The summed E-state index contributed by atoms with van der Waals surface area (Å²) in [6.45, 7) is 4.34. The lowest BCUT2D eigenvalue weighted by Crippen LogP contribution is -2.26. The molecule has 0 aromatic heterocycles. The normalized spacial score (nSPS) is 23.7. The van der Waals surface area contributed by atoms with Crippen molar-refractivity contribution in [1.82, 2.24) is 0 Å². The van der Waals surface area contributed by atoms with E-state index in [1.807, 2.05) is 0 Å². The van der Waals surface area contributed by atoms with E-state index in [9.17, 15) is 5.11 Å². The largest absolute Gasteiger partial charge is 0.396 e. The molecule has 66 valence electrons. The third kappa shape index (κ3) is 1.94. The van der Waals surface area contributed by atoms with Gasteiger partial charge in [0.2, 0.25) is 0 Å². The van der Waals surface area contributed by atoms with Crippen LogP contribution in [0.5, 0.6) is 0 Å². The second-order valence-corrected chi connectivity index (χ2v) is 4.17. The Kier molecular flexibility index (Phi) is 2.55. The number of hydrogen-bond donors (Lipinski definition) is 2. The summed E-state index contributed by atoms with van der Waals surface area (Å²) < 4.78 is 0. The maximum atomic E-state index is 9.65. The third-order valence-electron chi connectivity index (χ3n) is 2.61. The van der Waals surface area contributed by atoms with Gasteiger partial charge in [0, 0.05) is 5.41 Å². The zero-order chi connectivity index (χ0) is 8.48. The van der Waals surface area contributed by atoms with Gasteiger partial charge in [-0.3, -0.25) is 0 Å². The Bertz CT molecular complexity index is 128. The Morgan fingerprint density at radius 1 is 1.36 bits per heavy atom. The van der Waals surface area contributed by atoms with Crippen LogP contribution < -0.4 is 0 Å². The monoisotopic (exact) mass is 158 g/mol. The third-order valence-corrected chi connectivity index (χ3v) is 2.61. The molecule has 1 aliphatic carbocycles. The summed E-state index contributed by atoms with van der Waals surface area (Å²) in [6.07, 6.45) is 2.53. The summed E-state index contributed by atoms with van der Waals surface area (Å²) in [5.41, 5.74) is -0.107. The number of aliphatic hydroxyl groups excluding tert-OH is 2.